The molecule has 0 amide bonds. The first-order valence-corrected chi connectivity index (χ1v) is 6.88. The van der Waals surface area contributed by atoms with Crippen LogP contribution < -0.4 is 0 Å². The Kier molecular flexibility index (Phi) is 5.12. The molecular formula is C15H18O3S. The van der Waals surface area contributed by atoms with Gasteiger partial charge in [-0.15, -0.1) is 0 Å². The van der Waals surface area contributed by atoms with Gasteiger partial charge in [0.1, 0.15) is 11.5 Å². The van der Waals surface area contributed by atoms with Gasteiger partial charge in [-0.1, -0.05) is 26.3 Å². The van der Waals surface area contributed by atoms with Gasteiger partial charge in [-0.25, -0.2) is 0 Å². The Bertz CT molecular complexity index is 536. The van der Waals surface area contributed by atoms with Gasteiger partial charge < -0.3 is 9.47 Å². The predicted molar refractivity (Wildman–Crippen MR) is 79.8 cm³/mol. The van der Waals surface area contributed by atoms with Gasteiger partial charge in [0.15, 0.2) is 0 Å². The molecule has 1 aliphatic rings. The van der Waals surface area contributed by atoms with Crippen molar-refractivity contribution in [3.8, 4) is 0 Å². The summed E-state index contributed by atoms with van der Waals surface area (Å²) in [6.45, 7) is 15.3. The SMILES string of the molecule is C=C(/C=C1/CS(=O)/C(=C/C(=C)OC)C(=C)C1=C)OC. The highest BCUT2D eigenvalue weighted by Gasteiger charge is 2.24. The van der Waals surface area contributed by atoms with Crippen molar-refractivity contribution in [2.45, 2.75) is 0 Å². The summed E-state index contributed by atoms with van der Waals surface area (Å²) in [6, 6.07) is 0. The van der Waals surface area contributed by atoms with Crippen molar-refractivity contribution in [3.05, 3.63) is 71.6 Å². The molecule has 0 spiro atoms. The van der Waals surface area contributed by atoms with E-state index in [2.05, 4.69) is 26.3 Å². The lowest BCUT2D eigenvalue weighted by atomic mass is 10.00. The molecule has 1 atom stereocenters. The molecule has 102 valence electrons. The van der Waals surface area contributed by atoms with E-state index < -0.39 is 10.8 Å². The summed E-state index contributed by atoms with van der Waals surface area (Å²) in [4.78, 5) is 0.594. The fourth-order valence-electron chi connectivity index (χ4n) is 1.53. The van der Waals surface area contributed by atoms with Crippen molar-refractivity contribution in [2.24, 2.45) is 0 Å². The van der Waals surface area contributed by atoms with Crippen LogP contribution in [-0.2, 0) is 20.3 Å². The maximum Gasteiger partial charge on any atom is 0.112 e. The average Bonchev–Trinajstić information content (AvgIpc) is 2.40. The van der Waals surface area contributed by atoms with Crippen LogP contribution in [-0.4, -0.2) is 24.2 Å². The largest absolute Gasteiger partial charge is 0.497 e. The Morgan fingerprint density at radius 1 is 1.11 bits per heavy atom. The lowest BCUT2D eigenvalue weighted by Gasteiger charge is -2.22. The quantitative estimate of drug-likeness (QED) is 0.742. The second-order valence-electron chi connectivity index (χ2n) is 3.97. The highest BCUT2D eigenvalue weighted by atomic mass is 32.2. The van der Waals surface area contributed by atoms with Crippen molar-refractivity contribution in [1.29, 1.82) is 0 Å². The zero-order valence-electron chi connectivity index (χ0n) is 11.3. The van der Waals surface area contributed by atoms with E-state index in [1.54, 1.807) is 12.2 Å². The van der Waals surface area contributed by atoms with Crippen molar-refractivity contribution >= 4 is 10.8 Å². The van der Waals surface area contributed by atoms with Crippen LogP contribution in [0.1, 0.15) is 0 Å². The lowest BCUT2D eigenvalue weighted by Crippen LogP contribution is -2.16. The number of rotatable bonds is 4. The third-order valence-electron chi connectivity index (χ3n) is 2.73. The molecular weight excluding hydrogens is 260 g/mol. The molecule has 0 aliphatic carbocycles. The Morgan fingerprint density at radius 3 is 2.16 bits per heavy atom. The summed E-state index contributed by atoms with van der Waals surface area (Å²) >= 11 is 0. The Labute approximate surface area is 116 Å². The summed E-state index contributed by atoms with van der Waals surface area (Å²) in [5.41, 5.74) is 2.17. The maximum absolute atomic E-state index is 12.2. The lowest BCUT2D eigenvalue weighted by molar-refractivity contribution is 0.308. The number of allylic oxidation sites excluding steroid dienone is 4. The van der Waals surface area contributed by atoms with E-state index in [1.807, 2.05) is 0 Å². The van der Waals surface area contributed by atoms with Gasteiger partial charge in [-0.05, 0) is 28.9 Å². The summed E-state index contributed by atoms with van der Waals surface area (Å²) in [5, 5.41) is 0. The highest BCUT2D eigenvalue weighted by Crippen LogP contribution is 2.33. The molecule has 1 heterocycles. The molecule has 1 aliphatic heterocycles. The van der Waals surface area contributed by atoms with E-state index in [1.165, 1.54) is 14.2 Å². The van der Waals surface area contributed by atoms with Crippen LogP contribution in [0.2, 0.25) is 0 Å². The average molecular weight is 278 g/mol. The highest BCUT2D eigenvalue weighted by molar-refractivity contribution is 7.89. The molecule has 0 radical (unpaired) electrons. The molecule has 0 aromatic rings. The summed E-state index contributed by atoms with van der Waals surface area (Å²) < 4.78 is 22.2. The first-order valence-electron chi connectivity index (χ1n) is 5.56. The molecule has 1 rings (SSSR count). The van der Waals surface area contributed by atoms with E-state index in [0.717, 1.165) is 11.1 Å². The fourth-order valence-corrected chi connectivity index (χ4v) is 2.88. The first kappa shape index (κ1) is 15.2. The topological polar surface area (TPSA) is 35.5 Å². The number of hydrogen-bond acceptors (Lipinski definition) is 3. The van der Waals surface area contributed by atoms with Crippen LogP contribution in [0.5, 0.6) is 0 Å². The smallest absolute Gasteiger partial charge is 0.112 e. The van der Waals surface area contributed by atoms with E-state index >= 15 is 0 Å². The van der Waals surface area contributed by atoms with Gasteiger partial charge in [0.05, 0.1) is 30.8 Å². The van der Waals surface area contributed by atoms with Crippen LogP contribution >= 0.6 is 0 Å². The zero-order chi connectivity index (χ0) is 14.6. The third kappa shape index (κ3) is 3.58. The zero-order valence-corrected chi connectivity index (χ0v) is 12.1. The van der Waals surface area contributed by atoms with E-state index in [4.69, 9.17) is 9.47 Å². The fraction of sp³-hybridized carbons (Fsp3) is 0.200. The van der Waals surface area contributed by atoms with Gasteiger partial charge in [0.2, 0.25) is 0 Å². The van der Waals surface area contributed by atoms with Gasteiger partial charge >= 0.3 is 0 Å². The monoisotopic (exact) mass is 278 g/mol. The van der Waals surface area contributed by atoms with E-state index in [0.29, 0.717) is 27.7 Å². The van der Waals surface area contributed by atoms with Gasteiger partial charge in [-0.2, -0.15) is 0 Å². The molecule has 1 saturated heterocycles. The van der Waals surface area contributed by atoms with Crippen molar-refractivity contribution < 1.29 is 13.7 Å². The Morgan fingerprint density at radius 2 is 1.63 bits per heavy atom. The van der Waals surface area contributed by atoms with Gasteiger partial charge in [-0.3, -0.25) is 4.21 Å². The van der Waals surface area contributed by atoms with Gasteiger partial charge in [0, 0.05) is 4.91 Å². The van der Waals surface area contributed by atoms with Crippen LogP contribution in [0, 0.1) is 0 Å². The Hall–Kier alpha value is -1.81. The molecule has 0 aromatic carbocycles. The van der Waals surface area contributed by atoms with Crippen molar-refractivity contribution in [2.75, 3.05) is 20.0 Å². The molecule has 4 heteroatoms. The number of hydrogen-bond donors (Lipinski definition) is 0. The number of ether oxygens (including phenoxy) is 2. The summed E-state index contributed by atoms with van der Waals surface area (Å²) in [6.07, 6.45) is 3.36. The molecule has 3 nitrogen and oxygen atoms in total. The van der Waals surface area contributed by atoms with Gasteiger partial charge in [0.25, 0.3) is 0 Å². The predicted octanol–water partition coefficient (Wildman–Crippen LogP) is 2.99. The second kappa shape index (κ2) is 6.38. The minimum atomic E-state index is -1.20. The molecule has 0 N–H and O–H groups in total. The molecule has 0 saturated carbocycles. The normalized spacial score (nSPS) is 23.6. The minimum absolute atomic E-state index is 0.350. The first-order chi connectivity index (χ1) is 8.90. The molecule has 19 heavy (non-hydrogen) atoms. The third-order valence-corrected chi connectivity index (χ3v) is 4.16. The molecule has 0 bridgehead atoms. The summed E-state index contributed by atoms with van der Waals surface area (Å²) in [5.74, 6) is 1.28. The van der Waals surface area contributed by atoms with Crippen LogP contribution in [0.4, 0.5) is 0 Å². The number of methoxy groups -OCH3 is 2. The minimum Gasteiger partial charge on any atom is -0.497 e. The van der Waals surface area contributed by atoms with Crippen LogP contribution in [0.15, 0.2) is 71.6 Å². The molecule has 1 fully saturated rings. The standard InChI is InChI=1S/C15H18O3S/c1-10(17-5)7-14-9-19(16)15(8-11(2)18-6)13(4)12(14)3/h7-8H,1-4,9H2,5-6H3/b14-7-,15-8+. The van der Waals surface area contributed by atoms with Crippen LogP contribution in [0.25, 0.3) is 0 Å². The van der Waals surface area contributed by atoms with Crippen molar-refractivity contribution in [1.82, 2.24) is 0 Å². The van der Waals surface area contributed by atoms with E-state index in [9.17, 15) is 4.21 Å². The second-order valence-corrected chi connectivity index (χ2v) is 5.39. The Balaban J connectivity index is 3.10. The van der Waals surface area contributed by atoms with Crippen molar-refractivity contribution in [3.63, 3.8) is 0 Å². The maximum atomic E-state index is 12.2. The molecule has 1 unspecified atom stereocenters. The summed E-state index contributed by atoms with van der Waals surface area (Å²) in [7, 11) is 1.84. The van der Waals surface area contributed by atoms with Crippen LogP contribution in [0.3, 0.4) is 0 Å². The van der Waals surface area contributed by atoms with E-state index in [-0.39, 0.29) is 0 Å². The molecule has 0 aromatic heterocycles.